The monoisotopic (exact) mass is 411 g/mol. The number of hydrogen-bond acceptors (Lipinski definition) is 6. The van der Waals surface area contributed by atoms with Crippen LogP contribution < -0.4 is 5.32 Å². The zero-order chi connectivity index (χ0) is 21.3. The number of nitrogens with one attached hydrogen (secondary N) is 1. The number of alkyl carbamates (subject to hydrolysis) is 1. The van der Waals surface area contributed by atoms with Crippen LogP contribution in [-0.2, 0) is 9.47 Å². The van der Waals surface area contributed by atoms with Crippen molar-refractivity contribution in [2.24, 2.45) is 0 Å². The maximum Gasteiger partial charge on any atom is 0.407 e. The third-order valence-electron chi connectivity index (χ3n) is 5.79. The normalized spacial score (nSPS) is 25.5. The number of hydrogen-bond donors (Lipinski definition) is 4. The van der Waals surface area contributed by atoms with Crippen LogP contribution in [0.4, 0.5) is 4.79 Å². The van der Waals surface area contributed by atoms with E-state index in [1.807, 2.05) is 36.4 Å². The summed E-state index contributed by atoms with van der Waals surface area (Å²) in [5.74, 6) is -0.0522. The quantitative estimate of drug-likeness (QED) is 0.556. The number of carbonyl (C=O) groups is 1. The fraction of sp³-hybridized carbons (Fsp3) is 0.348. The van der Waals surface area contributed by atoms with Gasteiger partial charge in [-0.05, 0) is 27.8 Å². The van der Waals surface area contributed by atoms with E-state index in [9.17, 15) is 20.1 Å². The Morgan fingerprint density at radius 1 is 1.07 bits per heavy atom. The first-order chi connectivity index (χ1) is 14.5. The molecule has 2 aliphatic rings. The van der Waals surface area contributed by atoms with Crippen molar-refractivity contribution in [2.45, 2.75) is 30.3 Å². The molecule has 0 saturated carbocycles. The van der Waals surface area contributed by atoms with Crippen LogP contribution in [0.15, 0.2) is 60.7 Å². The van der Waals surface area contributed by atoms with Crippen LogP contribution >= 0.6 is 0 Å². The number of ether oxygens (including phenoxy) is 2. The van der Waals surface area contributed by atoms with Gasteiger partial charge in [0.15, 0.2) is 0 Å². The zero-order valence-electron chi connectivity index (χ0n) is 16.4. The fourth-order valence-electron chi connectivity index (χ4n) is 4.15. The summed E-state index contributed by atoms with van der Waals surface area (Å²) in [7, 11) is 0. The van der Waals surface area contributed by atoms with Crippen molar-refractivity contribution in [3.05, 3.63) is 71.8 Å². The largest absolute Gasteiger partial charge is 0.449 e. The van der Waals surface area contributed by atoms with E-state index in [4.69, 9.17) is 9.47 Å². The van der Waals surface area contributed by atoms with Gasteiger partial charge in [-0.2, -0.15) is 0 Å². The predicted molar refractivity (Wildman–Crippen MR) is 110 cm³/mol. The first kappa shape index (κ1) is 20.6. The van der Waals surface area contributed by atoms with Gasteiger partial charge in [-0.1, -0.05) is 55.1 Å². The molecule has 1 amide bonds. The number of aliphatic hydroxyl groups excluding tert-OH is 3. The summed E-state index contributed by atoms with van der Waals surface area (Å²) >= 11 is 0. The highest BCUT2D eigenvalue weighted by molar-refractivity contribution is 5.79. The smallest absolute Gasteiger partial charge is 0.407 e. The highest BCUT2D eigenvalue weighted by atomic mass is 16.6. The molecule has 2 aromatic carbocycles. The maximum absolute atomic E-state index is 12.3. The van der Waals surface area contributed by atoms with Crippen LogP contribution in [0.25, 0.3) is 11.1 Å². The topological polar surface area (TPSA) is 108 Å². The van der Waals surface area contributed by atoms with Crippen molar-refractivity contribution in [2.75, 3.05) is 19.8 Å². The summed E-state index contributed by atoms with van der Waals surface area (Å²) in [5, 5.41) is 32.1. The van der Waals surface area contributed by atoms with E-state index in [0.29, 0.717) is 0 Å². The van der Waals surface area contributed by atoms with Crippen LogP contribution in [0, 0.1) is 0 Å². The predicted octanol–water partition coefficient (Wildman–Crippen LogP) is 1.56. The van der Waals surface area contributed by atoms with Crippen LogP contribution in [0.5, 0.6) is 0 Å². The van der Waals surface area contributed by atoms with Gasteiger partial charge in [-0.15, -0.1) is 0 Å². The Morgan fingerprint density at radius 2 is 1.67 bits per heavy atom. The van der Waals surface area contributed by atoms with E-state index in [-0.39, 0.29) is 31.2 Å². The second-order valence-electron chi connectivity index (χ2n) is 7.56. The summed E-state index contributed by atoms with van der Waals surface area (Å²) in [6, 6.07) is 16.1. The lowest BCUT2D eigenvalue weighted by Crippen LogP contribution is -2.54. The van der Waals surface area contributed by atoms with E-state index in [0.717, 1.165) is 22.3 Å². The molecule has 4 atom stereocenters. The standard InChI is InChI=1S/C23H25NO6/c1-13-20(11-25)30-19(22(27)21(13)26)10-24-23(28)29-12-18-16-8-4-2-6-14(16)15-7-3-5-9-17(15)18/h2-9,18-22,25-27H,1,10-12H2,(H,24,28). The summed E-state index contributed by atoms with van der Waals surface area (Å²) in [6.45, 7) is 3.36. The average molecular weight is 411 g/mol. The molecule has 1 fully saturated rings. The number of rotatable bonds is 5. The van der Waals surface area contributed by atoms with Crippen LogP contribution in [-0.4, -0.2) is 65.6 Å². The molecular weight excluding hydrogens is 386 g/mol. The zero-order valence-corrected chi connectivity index (χ0v) is 16.4. The van der Waals surface area contributed by atoms with Crippen molar-refractivity contribution in [3.63, 3.8) is 0 Å². The van der Waals surface area contributed by atoms with Gasteiger partial charge in [0.25, 0.3) is 0 Å². The number of carbonyl (C=O) groups excluding carboxylic acids is 1. The number of aliphatic hydroxyl groups is 3. The van der Waals surface area contributed by atoms with E-state index in [2.05, 4.69) is 24.0 Å². The molecule has 4 rings (SSSR count). The Kier molecular flexibility index (Phi) is 5.87. The molecule has 2 aromatic rings. The van der Waals surface area contributed by atoms with Crippen molar-refractivity contribution >= 4 is 6.09 Å². The minimum atomic E-state index is -1.26. The van der Waals surface area contributed by atoms with E-state index in [1.165, 1.54) is 0 Å². The molecule has 1 aliphatic carbocycles. The number of amides is 1. The van der Waals surface area contributed by atoms with E-state index in [1.54, 1.807) is 0 Å². The Hall–Kier alpha value is -2.71. The van der Waals surface area contributed by atoms with Crippen molar-refractivity contribution in [3.8, 4) is 11.1 Å². The third-order valence-corrected chi connectivity index (χ3v) is 5.79. The number of fused-ring (bicyclic) bond motifs is 3. The lowest BCUT2D eigenvalue weighted by Gasteiger charge is -2.38. The van der Waals surface area contributed by atoms with Gasteiger partial charge < -0.3 is 30.1 Å². The number of benzene rings is 2. The van der Waals surface area contributed by atoms with Crippen molar-refractivity contribution in [1.29, 1.82) is 0 Å². The molecular formula is C23H25NO6. The average Bonchev–Trinajstić information content (AvgIpc) is 3.09. The molecule has 158 valence electrons. The first-order valence-electron chi connectivity index (χ1n) is 9.91. The van der Waals surface area contributed by atoms with Gasteiger partial charge in [-0.3, -0.25) is 0 Å². The minimum Gasteiger partial charge on any atom is -0.449 e. The second kappa shape index (κ2) is 8.57. The molecule has 1 aliphatic heterocycles. The molecule has 4 unspecified atom stereocenters. The molecule has 0 aromatic heterocycles. The molecule has 0 radical (unpaired) electrons. The fourth-order valence-corrected chi connectivity index (χ4v) is 4.15. The third kappa shape index (κ3) is 3.73. The summed E-state index contributed by atoms with van der Waals surface area (Å²) in [4.78, 5) is 12.3. The highest BCUT2D eigenvalue weighted by Gasteiger charge is 2.39. The lowest BCUT2D eigenvalue weighted by atomic mass is 9.93. The SMILES string of the molecule is C=C1C(CO)OC(CNC(=O)OCC2c3ccccc3-c3ccccc32)C(O)C1O. The summed E-state index contributed by atoms with van der Waals surface area (Å²) in [6.07, 6.45) is -4.81. The van der Waals surface area contributed by atoms with E-state index < -0.39 is 30.5 Å². The second-order valence-corrected chi connectivity index (χ2v) is 7.56. The van der Waals surface area contributed by atoms with Crippen molar-refractivity contribution < 1.29 is 29.6 Å². The van der Waals surface area contributed by atoms with Crippen LogP contribution in [0.1, 0.15) is 17.0 Å². The van der Waals surface area contributed by atoms with E-state index >= 15 is 0 Å². The Labute approximate surface area is 174 Å². The Bertz CT molecular complexity index is 895. The van der Waals surface area contributed by atoms with Gasteiger partial charge in [0, 0.05) is 12.5 Å². The first-order valence-corrected chi connectivity index (χ1v) is 9.91. The Balaban J connectivity index is 1.36. The highest BCUT2D eigenvalue weighted by Crippen LogP contribution is 2.44. The summed E-state index contributed by atoms with van der Waals surface area (Å²) in [5.41, 5.74) is 4.73. The van der Waals surface area contributed by atoms with Gasteiger partial charge in [0.05, 0.1) is 6.61 Å². The lowest BCUT2D eigenvalue weighted by molar-refractivity contribution is -0.142. The summed E-state index contributed by atoms with van der Waals surface area (Å²) < 4.78 is 11.0. The molecule has 0 bridgehead atoms. The van der Waals surface area contributed by atoms with Gasteiger partial charge in [-0.25, -0.2) is 4.79 Å². The van der Waals surface area contributed by atoms with Crippen LogP contribution in [0.3, 0.4) is 0 Å². The van der Waals surface area contributed by atoms with Gasteiger partial charge in [0.2, 0.25) is 0 Å². The van der Waals surface area contributed by atoms with Crippen molar-refractivity contribution in [1.82, 2.24) is 5.32 Å². The molecule has 30 heavy (non-hydrogen) atoms. The van der Waals surface area contributed by atoms with Gasteiger partial charge in [0.1, 0.15) is 31.0 Å². The molecule has 4 N–H and O–H groups in total. The molecule has 1 saturated heterocycles. The van der Waals surface area contributed by atoms with Crippen LogP contribution in [0.2, 0.25) is 0 Å². The molecule has 7 nitrogen and oxygen atoms in total. The molecule has 0 spiro atoms. The van der Waals surface area contributed by atoms with Gasteiger partial charge >= 0.3 is 6.09 Å². The minimum absolute atomic E-state index is 0.0522. The Morgan fingerprint density at radius 3 is 2.27 bits per heavy atom. The molecule has 1 heterocycles. The molecule has 7 heteroatoms. The maximum atomic E-state index is 12.3.